The minimum atomic E-state index is -0.0612. The topological polar surface area (TPSA) is 59.4 Å². The fourth-order valence-corrected chi connectivity index (χ4v) is 6.83. The lowest BCUT2D eigenvalue weighted by Crippen LogP contribution is -2.43. The monoisotopic (exact) mass is 482 g/mol. The molecule has 1 fully saturated rings. The van der Waals surface area contributed by atoms with Crippen LogP contribution in [0, 0.1) is 0 Å². The maximum Gasteiger partial charge on any atom is 0.269 e. The second-order valence-corrected chi connectivity index (χ2v) is 10.9. The Kier molecular flexibility index (Phi) is 7.25. The number of benzene rings is 2. The summed E-state index contributed by atoms with van der Waals surface area (Å²) in [6.45, 7) is 4.56. The van der Waals surface area contributed by atoms with Gasteiger partial charge in [-0.15, -0.1) is 23.5 Å². The maximum absolute atomic E-state index is 12.5. The average molecular weight is 483 g/mol. The molecule has 1 aromatic heterocycles. The van der Waals surface area contributed by atoms with Crippen LogP contribution in [0.15, 0.2) is 57.2 Å². The van der Waals surface area contributed by atoms with Crippen LogP contribution in [-0.4, -0.2) is 58.7 Å². The van der Waals surface area contributed by atoms with Crippen molar-refractivity contribution in [2.24, 2.45) is 0 Å². The molecule has 174 valence electrons. The first kappa shape index (κ1) is 22.8. The molecule has 0 saturated carbocycles. The number of fused-ring (bicyclic) bond motifs is 2. The molecule has 3 heterocycles. The third kappa shape index (κ3) is 5.40. The third-order valence-electron chi connectivity index (χ3n) is 6.48. The smallest absolute Gasteiger partial charge is 0.269 e. The lowest BCUT2D eigenvalue weighted by molar-refractivity contribution is 0.191. The minimum absolute atomic E-state index is 0.0612. The molecule has 5 rings (SSSR count). The Hall–Kier alpha value is -2.00. The summed E-state index contributed by atoms with van der Waals surface area (Å²) in [4.78, 5) is 22.1. The van der Waals surface area contributed by atoms with Crippen molar-refractivity contribution in [3.8, 4) is 5.75 Å². The van der Waals surface area contributed by atoms with E-state index in [1.807, 2.05) is 46.3 Å². The van der Waals surface area contributed by atoms with Crippen molar-refractivity contribution in [1.29, 1.82) is 0 Å². The van der Waals surface area contributed by atoms with E-state index in [1.165, 1.54) is 33.1 Å². The van der Waals surface area contributed by atoms with Gasteiger partial charge in [0.15, 0.2) is 0 Å². The zero-order chi connectivity index (χ0) is 22.6. The van der Waals surface area contributed by atoms with E-state index < -0.39 is 0 Å². The number of hydrogen-bond donors (Lipinski definition) is 1. The molecule has 0 atom stereocenters. The number of piperidine rings is 1. The van der Waals surface area contributed by atoms with Crippen molar-refractivity contribution >= 4 is 34.6 Å². The Morgan fingerprint density at radius 3 is 2.70 bits per heavy atom. The molecular formula is C25H30N4O2S2. The molecule has 33 heavy (non-hydrogen) atoms. The van der Waals surface area contributed by atoms with Gasteiger partial charge in [-0.25, -0.2) is 4.98 Å². The van der Waals surface area contributed by atoms with Gasteiger partial charge in [-0.05, 0) is 55.8 Å². The zero-order valence-corrected chi connectivity index (χ0v) is 20.6. The SMILES string of the molecule is COc1ccc2ncc(=O)n(CCN3CCC(NCc4ccc5c(c4)SCCS5)CC3)c2c1. The number of hydrogen-bond acceptors (Lipinski definition) is 7. The molecule has 1 N–H and O–H groups in total. The van der Waals surface area contributed by atoms with Crippen LogP contribution in [0.2, 0.25) is 0 Å². The summed E-state index contributed by atoms with van der Waals surface area (Å²) >= 11 is 3.95. The highest BCUT2D eigenvalue weighted by Gasteiger charge is 2.19. The highest BCUT2D eigenvalue weighted by molar-refractivity contribution is 8.05. The first-order valence-corrected chi connectivity index (χ1v) is 13.5. The van der Waals surface area contributed by atoms with Crippen LogP contribution in [0.4, 0.5) is 0 Å². The second-order valence-electron chi connectivity index (χ2n) is 8.58. The van der Waals surface area contributed by atoms with Crippen molar-refractivity contribution in [1.82, 2.24) is 19.8 Å². The highest BCUT2D eigenvalue weighted by atomic mass is 32.2. The van der Waals surface area contributed by atoms with Crippen LogP contribution in [0.5, 0.6) is 5.75 Å². The number of likely N-dealkylation sites (tertiary alicyclic amines) is 1. The summed E-state index contributed by atoms with van der Waals surface area (Å²) in [5.74, 6) is 3.17. The summed E-state index contributed by atoms with van der Waals surface area (Å²) in [5.41, 5.74) is 2.97. The van der Waals surface area contributed by atoms with Crippen molar-refractivity contribution in [2.45, 2.75) is 41.8 Å². The van der Waals surface area contributed by atoms with Gasteiger partial charge in [0, 0.05) is 53.0 Å². The fraction of sp³-hybridized carbons (Fsp3) is 0.440. The molecule has 0 aliphatic carbocycles. The van der Waals surface area contributed by atoms with E-state index in [9.17, 15) is 4.79 Å². The standard InChI is InChI=1S/C25H30N4O2S2/c1-31-20-3-4-21-22(15-20)29(25(30)17-27-21)11-10-28-8-6-19(7-9-28)26-16-18-2-5-23-24(14-18)33-13-12-32-23/h2-5,14-15,17,19,26H,6-13,16H2,1H3. The van der Waals surface area contributed by atoms with Gasteiger partial charge in [-0.3, -0.25) is 4.79 Å². The summed E-state index contributed by atoms with van der Waals surface area (Å²) in [6, 6.07) is 13.1. The van der Waals surface area contributed by atoms with E-state index in [0.717, 1.165) is 55.8 Å². The van der Waals surface area contributed by atoms with Gasteiger partial charge < -0.3 is 19.5 Å². The van der Waals surface area contributed by atoms with E-state index in [-0.39, 0.29) is 5.56 Å². The molecule has 6 nitrogen and oxygen atoms in total. The molecule has 2 aromatic carbocycles. The van der Waals surface area contributed by atoms with Crippen molar-refractivity contribution in [2.75, 3.05) is 38.2 Å². The van der Waals surface area contributed by atoms with Crippen LogP contribution >= 0.6 is 23.5 Å². The van der Waals surface area contributed by atoms with Gasteiger partial charge in [0.05, 0.1) is 24.3 Å². The largest absolute Gasteiger partial charge is 0.497 e. The van der Waals surface area contributed by atoms with E-state index in [2.05, 4.69) is 33.4 Å². The predicted octanol–water partition coefficient (Wildman–Crippen LogP) is 3.86. The number of nitrogens with one attached hydrogen (secondary N) is 1. The van der Waals surface area contributed by atoms with Gasteiger partial charge in [0.2, 0.25) is 0 Å². The molecule has 3 aromatic rings. The van der Waals surface area contributed by atoms with E-state index >= 15 is 0 Å². The molecule has 0 unspecified atom stereocenters. The van der Waals surface area contributed by atoms with Crippen LogP contribution in [0.3, 0.4) is 0 Å². The average Bonchev–Trinajstić information content (AvgIpc) is 2.87. The second kappa shape index (κ2) is 10.5. The Balaban J connectivity index is 1.13. The van der Waals surface area contributed by atoms with E-state index in [1.54, 1.807) is 7.11 Å². The molecule has 8 heteroatoms. The fourth-order valence-electron chi connectivity index (χ4n) is 4.56. The Labute approximate surface area is 203 Å². The molecule has 2 aliphatic heterocycles. The van der Waals surface area contributed by atoms with E-state index in [4.69, 9.17) is 4.74 Å². The minimum Gasteiger partial charge on any atom is -0.497 e. The van der Waals surface area contributed by atoms with Gasteiger partial charge in [-0.2, -0.15) is 0 Å². The molecule has 0 radical (unpaired) electrons. The number of rotatable bonds is 7. The molecule has 2 aliphatic rings. The Morgan fingerprint density at radius 2 is 1.88 bits per heavy atom. The zero-order valence-electron chi connectivity index (χ0n) is 19.0. The van der Waals surface area contributed by atoms with Gasteiger partial charge in [0.25, 0.3) is 5.56 Å². The lowest BCUT2D eigenvalue weighted by Gasteiger charge is -2.32. The van der Waals surface area contributed by atoms with Crippen LogP contribution in [-0.2, 0) is 13.1 Å². The van der Waals surface area contributed by atoms with Gasteiger partial charge in [0.1, 0.15) is 5.75 Å². The Morgan fingerprint density at radius 1 is 1.06 bits per heavy atom. The van der Waals surface area contributed by atoms with E-state index in [0.29, 0.717) is 12.6 Å². The predicted molar refractivity (Wildman–Crippen MR) is 137 cm³/mol. The number of ether oxygens (including phenoxy) is 1. The third-order valence-corrected chi connectivity index (χ3v) is 9.00. The quantitative estimate of drug-likeness (QED) is 0.549. The lowest BCUT2D eigenvalue weighted by atomic mass is 10.0. The van der Waals surface area contributed by atoms with Crippen molar-refractivity contribution in [3.63, 3.8) is 0 Å². The van der Waals surface area contributed by atoms with Gasteiger partial charge in [-0.1, -0.05) is 6.07 Å². The Bertz CT molecular complexity index is 1170. The number of thioether (sulfide) groups is 2. The summed E-state index contributed by atoms with van der Waals surface area (Å²) < 4.78 is 7.16. The van der Waals surface area contributed by atoms with Crippen LogP contribution < -0.4 is 15.6 Å². The van der Waals surface area contributed by atoms with Crippen molar-refractivity contribution in [3.05, 3.63) is 58.5 Å². The molecular weight excluding hydrogens is 452 g/mol. The van der Waals surface area contributed by atoms with Crippen molar-refractivity contribution < 1.29 is 4.74 Å². The normalized spacial score (nSPS) is 17.2. The molecule has 0 amide bonds. The number of aromatic nitrogens is 2. The number of methoxy groups -OCH3 is 1. The summed E-state index contributed by atoms with van der Waals surface area (Å²) in [5, 5.41) is 3.76. The first-order chi connectivity index (χ1) is 16.2. The maximum atomic E-state index is 12.5. The molecule has 1 saturated heterocycles. The summed E-state index contributed by atoms with van der Waals surface area (Å²) in [7, 11) is 1.64. The number of nitrogens with zero attached hydrogens (tertiary/aromatic N) is 3. The molecule has 0 bridgehead atoms. The highest BCUT2D eigenvalue weighted by Crippen LogP contribution is 2.37. The first-order valence-electron chi connectivity index (χ1n) is 11.6. The van der Waals surface area contributed by atoms with Crippen LogP contribution in [0.25, 0.3) is 11.0 Å². The van der Waals surface area contributed by atoms with Gasteiger partial charge >= 0.3 is 0 Å². The summed E-state index contributed by atoms with van der Waals surface area (Å²) in [6.07, 6.45) is 3.69. The molecule has 0 spiro atoms. The van der Waals surface area contributed by atoms with Crippen LogP contribution in [0.1, 0.15) is 18.4 Å².